The van der Waals surface area contributed by atoms with Crippen molar-refractivity contribution in [2.24, 2.45) is 0 Å². The molecule has 30 heavy (non-hydrogen) atoms. The highest BCUT2D eigenvalue weighted by Gasteiger charge is 2.20. The molecular formula is C20H27N3O6S. The van der Waals surface area contributed by atoms with Gasteiger partial charge in [0.2, 0.25) is 0 Å². The maximum Gasteiger partial charge on any atom is 0.357 e. The zero-order valence-electron chi connectivity index (χ0n) is 17.8. The molecule has 0 aliphatic heterocycles. The fourth-order valence-electron chi connectivity index (χ4n) is 2.68. The maximum absolute atomic E-state index is 12.7. The number of amides is 1. The van der Waals surface area contributed by atoms with E-state index in [2.05, 4.69) is 15.2 Å². The quantitative estimate of drug-likeness (QED) is 0.536. The van der Waals surface area contributed by atoms with Gasteiger partial charge in [-0.15, -0.1) is 11.3 Å². The van der Waals surface area contributed by atoms with Gasteiger partial charge in [-0.1, -0.05) is 13.8 Å². The summed E-state index contributed by atoms with van der Waals surface area (Å²) in [4.78, 5) is 31.2. The van der Waals surface area contributed by atoms with Crippen LogP contribution in [-0.4, -0.2) is 69.3 Å². The summed E-state index contributed by atoms with van der Waals surface area (Å²) in [6, 6.07) is 3.08. The van der Waals surface area contributed by atoms with Gasteiger partial charge in [0.15, 0.2) is 22.3 Å². The lowest BCUT2D eigenvalue weighted by Crippen LogP contribution is -2.28. The zero-order chi connectivity index (χ0) is 22.1. The number of anilines is 1. The van der Waals surface area contributed by atoms with Crippen molar-refractivity contribution in [1.29, 1.82) is 0 Å². The van der Waals surface area contributed by atoms with Crippen LogP contribution in [0.2, 0.25) is 0 Å². The summed E-state index contributed by atoms with van der Waals surface area (Å²) < 4.78 is 21.0. The second kappa shape index (κ2) is 11.4. The third-order valence-corrected chi connectivity index (χ3v) is 5.18. The molecule has 2 rings (SSSR count). The maximum atomic E-state index is 12.7. The largest absolute Gasteiger partial charge is 0.496 e. The molecule has 0 saturated carbocycles. The van der Waals surface area contributed by atoms with Crippen LogP contribution in [-0.2, 0) is 4.74 Å². The summed E-state index contributed by atoms with van der Waals surface area (Å²) in [7, 11) is 4.42. The Labute approximate surface area is 179 Å². The molecule has 10 heteroatoms. The third kappa shape index (κ3) is 5.83. The Bertz CT molecular complexity index is 866. The Balaban J connectivity index is 2.05. The molecule has 0 bridgehead atoms. The van der Waals surface area contributed by atoms with Gasteiger partial charge >= 0.3 is 5.97 Å². The second-order valence-corrected chi connectivity index (χ2v) is 6.92. The number of ether oxygens (including phenoxy) is 4. The van der Waals surface area contributed by atoms with Crippen molar-refractivity contribution in [3.63, 3.8) is 0 Å². The molecule has 0 aliphatic carbocycles. The predicted molar refractivity (Wildman–Crippen MR) is 114 cm³/mol. The number of benzene rings is 1. The van der Waals surface area contributed by atoms with E-state index >= 15 is 0 Å². The first-order valence-corrected chi connectivity index (χ1v) is 10.3. The zero-order valence-corrected chi connectivity index (χ0v) is 18.6. The predicted octanol–water partition coefficient (Wildman–Crippen LogP) is 2.92. The molecular weight excluding hydrogens is 410 g/mol. The van der Waals surface area contributed by atoms with E-state index in [1.165, 1.54) is 27.4 Å². The standard InChI is InChI=1S/C20H27N3O6S/c1-6-23(7-2)8-9-29-19(25)14-12-30-20(21-14)22-18(24)13-10-16(27-4)17(28-5)11-15(13)26-3/h10-12H,6-9H2,1-5H3,(H,21,22,24). The van der Waals surface area contributed by atoms with Crippen LogP contribution < -0.4 is 19.5 Å². The van der Waals surface area contributed by atoms with E-state index in [0.717, 1.165) is 24.4 Å². The minimum atomic E-state index is -0.525. The van der Waals surface area contributed by atoms with Crippen LogP contribution in [0.3, 0.4) is 0 Å². The Morgan fingerprint density at radius 2 is 1.67 bits per heavy atom. The van der Waals surface area contributed by atoms with Crippen LogP contribution in [0, 0.1) is 0 Å². The van der Waals surface area contributed by atoms with Gasteiger partial charge in [-0.3, -0.25) is 10.1 Å². The number of aromatic nitrogens is 1. The molecule has 2 aromatic rings. The molecule has 0 atom stereocenters. The van der Waals surface area contributed by atoms with Crippen molar-refractivity contribution in [2.75, 3.05) is 52.9 Å². The van der Waals surface area contributed by atoms with Gasteiger partial charge in [-0.25, -0.2) is 9.78 Å². The van der Waals surface area contributed by atoms with E-state index in [-0.39, 0.29) is 23.0 Å². The number of thiazole rings is 1. The number of carbonyl (C=O) groups is 2. The molecule has 0 unspecified atom stereocenters. The lowest BCUT2D eigenvalue weighted by molar-refractivity contribution is 0.0460. The van der Waals surface area contributed by atoms with Crippen LogP contribution in [0.25, 0.3) is 0 Å². The summed E-state index contributed by atoms with van der Waals surface area (Å²) >= 11 is 1.13. The van der Waals surface area contributed by atoms with E-state index in [0.29, 0.717) is 23.8 Å². The molecule has 1 aromatic heterocycles. The minimum Gasteiger partial charge on any atom is -0.496 e. The van der Waals surface area contributed by atoms with Gasteiger partial charge in [0.05, 0.1) is 26.9 Å². The van der Waals surface area contributed by atoms with E-state index in [9.17, 15) is 9.59 Å². The van der Waals surface area contributed by atoms with E-state index < -0.39 is 11.9 Å². The van der Waals surface area contributed by atoms with Crippen molar-refractivity contribution < 1.29 is 28.5 Å². The van der Waals surface area contributed by atoms with Gasteiger partial charge < -0.3 is 23.8 Å². The van der Waals surface area contributed by atoms with Crippen molar-refractivity contribution in [3.8, 4) is 17.2 Å². The van der Waals surface area contributed by atoms with Gasteiger partial charge in [0.1, 0.15) is 12.4 Å². The van der Waals surface area contributed by atoms with Crippen molar-refractivity contribution in [2.45, 2.75) is 13.8 Å². The van der Waals surface area contributed by atoms with Gasteiger partial charge in [0, 0.05) is 24.1 Å². The Morgan fingerprint density at radius 1 is 1.03 bits per heavy atom. The Hall–Kier alpha value is -2.85. The number of esters is 1. The highest BCUT2D eigenvalue weighted by molar-refractivity contribution is 7.14. The summed E-state index contributed by atoms with van der Waals surface area (Å²) in [5.74, 6) is 0.166. The van der Waals surface area contributed by atoms with Gasteiger partial charge in [-0.05, 0) is 13.1 Å². The normalized spacial score (nSPS) is 10.6. The summed E-state index contributed by atoms with van der Waals surface area (Å²) in [6.45, 7) is 6.82. The number of carbonyl (C=O) groups excluding carboxylic acids is 2. The molecule has 0 aliphatic rings. The number of likely N-dealkylation sites (N-methyl/N-ethyl adjacent to an activating group) is 1. The fourth-order valence-corrected chi connectivity index (χ4v) is 3.35. The van der Waals surface area contributed by atoms with Gasteiger partial charge in [-0.2, -0.15) is 0 Å². The fraction of sp³-hybridized carbons (Fsp3) is 0.450. The highest BCUT2D eigenvalue weighted by Crippen LogP contribution is 2.35. The SMILES string of the molecule is CCN(CC)CCOC(=O)c1csc(NC(=O)c2cc(OC)c(OC)cc2OC)n1. The number of nitrogens with zero attached hydrogens (tertiary/aromatic N) is 2. The number of nitrogens with one attached hydrogen (secondary N) is 1. The first kappa shape index (κ1) is 23.4. The third-order valence-electron chi connectivity index (χ3n) is 4.42. The molecule has 1 N–H and O–H groups in total. The molecule has 164 valence electrons. The van der Waals surface area contributed by atoms with Crippen LogP contribution in [0.15, 0.2) is 17.5 Å². The van der Waals surface area contributed by atoms with Crippen molar-refractivity contribution >= 4 is 28.3 Å². The molecule has 1 aromatic carbocycles. The molecule has 0 radical (unpaired) electrons. The van der Waals surface area contributed by atoms with Crippen LogP contribution in [0.1, 0.15) is 34.7 Å². The summed E-state index contributed by atoms with van der Waals surface area (Å²) in [6.07, 6.45) is 0. The summed E-state index contributed by atoms with van der Waals surface area (Å²) in [5, 5.41) is 4.48. The molecule has 1 amide bonds. The Morgan fingerprint density at radius 3 is 2.27 bits per heavy atom. The first-order chi connectivity index (χ1) is 14.5. The second-order valence-electron chi connectivity index (χ2n) is 6.06. The monoisotopic (exact) mass is 437 g/mol. The van der Waals surface area contributed by atoms with Crippen molar-refractivity contribution in [3.05, 3.63) is 28.8 Å². The van der Waals surface area contributed by atoms with Gasteiger partial charge in [0.25, 0.3) is 5.91 Å². The highest BCUT2D eigenvalue weighted by atomic mass is 32.1. The van der Waals surface area contributed by atoms with Crippen LogP contribution in [0.4, 0.5) is 5.13 Å². The number of rotatable bonds is 11. The molecule has 9 nitrogen and oxygen atoms in total. The van der Waals surface area contributed by atoms with Crippen LogP contribution in [0.5, 0.6) is 17.2 Å². The van der Waals surface area contributed by atoms with Crippen LogP contribution >= 0.6 is 11.3 Å². The Kier molecular flexibility index (Phi) is 8.88. The molecule has 1 heterocycles. The first-order valence-electron chi connectivity index (χ1n) is 9.43. The van der Waals surface area contributed by atoms with E-state index in [1.807, 2.05) is 13.8 Å². The van der Waals surface area contributed by atoms with E-state index in [1.54, 1.807) is 11.4 Å². The average molecular weight is 438 g/mol. The lowest BCUT2D eigenvalue weighted by atomic mass is 10.1. The van der Waals surface area contributed by atoms with Crippen molar-refractivity contribution in [1.82, 2.24) is 9.88 Å². The van der Waals surface area contributed by atoms with E-state index in [4.69, 9.17) is 18.9 Å². The lowest BCUT2D eigenvalue weighted by Gasteiger charge is -2.17. The summed E-state index contributed by atoms with van der Waals surface area (Å²) in [5.41, 5.74) is 0.392. The number of hydrogen-bond acceptors (Lipinski definition) is 9. The topological polar surface area (TPSA) is 99.2 Å². The molecule has 0 saturated heterocycles. The molecule has 0 spiro atoms. The molecule has 0 fully saturated rings. The minimum absolute atomic E-state index is 0.147. The smallest absolute Gasteiger partial charge is 0.357 e. The average Bonchev–Trinajstić information content (AvgIpc) is 3.24. The number of methoxy groups -OCH3 is 3. The number of hydrogen-bond donors (Lipinski definition) is 1.